The Balaban J connectivity index is 2.30. The first kappa shape index (κ1) is 15.1. The van der Waals surface area contributed by atoms with Crippen molar-refractivity contribution in [3.05, 3.63) is 24.3 Å². The fourth-order valence-electron chi connectivity index (χ4n) is 1.94. The minimum atomic E-state index is -3.44. The molecule has 0 aliphatic carbocycles. The summed E-state index contributed by atoms with van der Waals surface area (Å²) in [7, 11) is -6.70. The summed E-state index contributed by atoms with van der Waals surface area (Å²) in [4.78, 5) is 0. The molecule has 0 amide bonds. The van der Waals surface area contributed by atoms with Crippen molar-refractivity contribution in [2.45, 2.75) is 25.5 Å². The molecule has 0 radical (unpaired) electrons. The van der Waals surface area contributed by atoms with E-state index in [9.17, 15) is 16.8 Å². The van der Waals surface area contributed by atoms with Gasteiger partial charge in [-0.25, -0.2) is 16.8 Å². The molecule has 1 aromatic carbocycles. The lowest BCUT2D eigenvalue weighted by Gasteiger charge is -2.18. The van der Waals surface area contributed by atoms with Gasteiger partial charge in [0.05, 0.1) is 22.4 Å². The molecule has 0 bridgehead atoms. The Hall–Kier alpha value is -1.28. The van der Waals surface area contributed by atoms with Gasteiger partial charge in [0.2, 0.25) is 20.0 Å². The molecule has 1 saturated heterocycles. The third-order valence-electron chi connectivity index (χ3n) is 3.11. The molecular formula is C12H18N2O4S2. The van der Waals surface area contributed by atoms with Crippen LogP contribution in [0.1, 0.15) is 20.3 Å². The van der Waals surface area contributed by atoms with E-state index >= 15 is 0 Å². The fraction of sp³-hybridized carbons (Fsp3) is 0.500. The first-order valence-corrected chi connectivity index (χ1v) is 9.50. The molecular weight excluding hydrogens is 300 g/mol. The monoisotopic (exact) mass is 318 g/mol. The largest absolute Gasteiger partial charge is 0.283 e. The standard InChI is InChI=1S/C12H18N2O4S2/c1-10(2)20(17,18)13-11-5-3-6-12(9-11)14-7-4-8-19(14,15)16/h3,5-6,9-10,13H,4,7-8H2,1-2H3. The van der Waals surface area contributed by atoms with Gasteiger partial charge >= 0.3 is 0 Å². The van der Waals surface area contributed by atoms with Crippen LogP contribution in [0.15, 0.2) is 24.3 Å². The van der Waals surface area contributed by atoms with Crippen molar-refractivity contribution in [1.29, 1.82) is 0 Å². The van der Waals surface area contributed by atoms with Crippen LogP contribution in [0.5, 0.6) is 0 Å². The number of benzene rings is 1. The van der Waals surface area contributed by atoms with Crippen molar-refractivity contribution in [3.8, 4) is 0 Å². The number of hydrogen-bond donors (Lipinski definition) is 1. The van der Waals surface area contributed by atoms with E-state index in [-0.39, 0.29) is 5.75 Å². The highest BCUT2D eigenvalue weighted by Gasteiger charge is 2.28. The number of rotatable bonds is 4. The Bertz CT molecular complexity index is 696. The predicted molar refractivity (Wildman–Crippen MR) is 79.9 cm³/mol. The van der Waals surface area contributed by atoms with Crippen molar-refractivity contribution in [2.75, 3.05) is 21.3 Å². The lowest BCUT2D eigenvalue weighted by atomic mass is 10.3. The average molecular weight is 318 g/mol. The zero-order valence-electron chi connectivity index (χ0n) is 11.4. The summed E-state index contributed by atoms with van der Waals surface area (Å²) in [6.45, 7) is 3.59. The summed E-state index contributed by atoms with van der Waals surface area (Å²) in [5.74, 6) is 0.134. The van der Waals surface area contributed by atoms with Crippen LogP contribution in [0.2, 0.25) is 0 Å². The predicted octanol–water partition coefficient (Wildman–Crippen LogP) is 1.38. The van der Waals surface area contributed by atoms with Gasteiger partial charge in [0, 0.05) is 6.54 Å². The molecule has 1 heterocycles. The molecule has 8 heteroatoms. The lowest BCUT2D eigenvalue weighted by molar-refractivity contribution is 0.592. The van der Waals surface area contributed by atoms with E-state index in [0.29, 0.717) is 24.3 Å². The molecule has 2 rings (SSSR count). The van der Waals surface area contributed by atoms with E-state index in [1.807, 2.05) is 0 Å². The summed E-state index contributed by atoms with van der Waals surface area (Å²) >= 11 is 0. The molecule has 1 N–H and O–H groups in total. The number of nitrogens with one attached hydrogen (secondary N) is 1. The molecule has 20 heavy (non-hydrogen) atoms. The van der Waals surface area contributed by atoms with E-state index in [1.165, 1.54) is 4.31 Å². The van der Waals surface area contributed by atoms with Crippen molar-refractivity contribution >= 4 is 31.4 Å². The number of hydrogen-bond acceptors (Lipinski definition) is 4. The Morgan fingerprint density at radius 1 is 1.30 bits per heavy atom. The lowest BCUT2D eigenvalue weighted by Crippen LogP contribution is -2.25. The molecule has 1 aliphatic rings. The van der Waals surface area contributed by atoms with Crippen LogP contribution >= 0.6 is 0 Å². The van der Waals surface area contributed by atoms with Gasteiger partial charge in [0.1, 0.15) is 0 Å². The second-order valence-electron chi connectivity index (χ2n) is 4.99. The summed E-state index contributed by atoms with van der Waals surface area (Å²) in [6, 6.07) is 6.45. The summed E-state index contributed by atoms with van der Waals surface area (Å²) in [5.41, 5.74) is 0.866. The van der Waals surface area contributed by atoms with Crippen LogP contribution in [0.4, 0.5) is 11.4 Å². The molecule has 0 aromatic heterocycles. The van der Waals surface area contributed by atoms with E-state index in [0.717, 1.165) is 0 Å². The van der Waals surface area contributed by atoms with Crippen molar-refractivity contribution in [1.82, 2.24) is 0 Å². The minimum absolute atomic E-state index is 0.134. The summed E-state index contributed by atoms with van der Waals surface area (Å²) < 4.78 is 51.1. The highest BCUT2D eigenvalue weighted by molar-refractivity contribution is 7.93. The highest BCUT2D eigenvalue weighted by atomic mass is 32.2. The van der Waals surface area contributed by atoms with Crippen LogP contribution in [0.3, 0.4) is 0 Å². The van der Waals surface area contributed by atoms with Gasteiger partial charge in [0.15, 0.2) is 0 Å². The van der Waals surface area contributed by atoms with Crippen molar-refractivity contribution in [3.63, 3.8) is 0 Å². The van der Waals surface area contributed by atoms with Gasteiger partial charge in [-0.1, -0.05) is 6.07 Å². The maximum atomic E-state index is 11.9. The zero-order chi connectivity index (χ0) is 15.0. The second kappa shape index (κ2) is 5.25. The normalized spacial score (nSPS) is 18.4. The van der Waals surface area contributed by atoms with Crippen molar-refractivity contribution < 1.29 is 16.8 Å². The quantitative estimate of drug-likeness (QED) is 0.909. The van der Waals surface area contributed by atoms with Crippen LogP contribution in [0.25, 0.3) is 0 Å². The average Bonchev–Trinajstić information content (AvgIpc) is 2.68. The minimum Gasteiger partial charge on any atom is -0.283 e. The number of nitrogens with zero attached hydrogens (tertiary/aromatic N) is 1. The molecule has 1 aliphatic heterocycles. The SMILES string of the molecule is CC(C)S(=O)(=O)Nc1cccc(N2CCCS2(=O)=O)c1. The van der Waals surface area contributed by atoms with Crippen LogP contribution in [0, 0.1) is 0 Å². The molecule has 0 unspecified atom stereocenters. The smallest absolute Gasteiger partial charge is 0.235 e. The molecule has 1 fully saturated rings. The van der Waals surface area contributed by atoms with Crippen LogP contribution in [-0.2, 0) is 20.0 Å². The molecule has 6 nitrogen and oxygen atoms in total. The first-order valence-electron chi connectivity index (χ1n) is 6.34. The Morgan fingerprint density at radius 3 is 2.55 bits per heavy atom. The molecule has 0 saturated carbocycles. The van der Waals surface area contributed by atoms with Crippen molar-refractivity contribution in [2.24, 2.45) is 0 Å². The second-order valence-corrected chi connectivity index (χ2v) is 9.24. The molecule has 0 spiro atoms. The number of sulfonamides is 2. The maximum Gasteiger partial charge on any atom is 0.235 e. The van der Waals surface area contributed by atoms with Gasteiger partial charge in [-0.05, 0) is 38.5 Å². The third-order valence-corrected chi connectivity index (χ3v) is 6.75. The Labute approximate surface area is 119 Å². The molecule has 0 atom stereocenters. The maximum absolute atomic E-state index is 11.9. The van der Waals surface area contributed by atoms with E-state index in [4.69, 9.17) is 0 Å². The fourth-order valence-corrected chi connectivity index (χ4v) is 4.18. The van der Waals surface area contributed by atoms with E-state index in [1.54, 1.807) is 38.1 Å². The Kier molecular flexibility index (Phi) is 3.97. The van der Waals surface area contributed by atoms with Crippen LogP contribution < -0.4 is 9.03 Å². The van der Waals surface area contributed by atoms with Gasteiger partial charge < -0.3 is 0 Å². The van der Waals surface area contributed by atoms with E-state index in [2.05, 4.69) is 4.72 Å². The Morgan fingerprint density at radius 2 is 2.00 bits per heavy atom. The number of anilines is 2. The topological polar surface area (TPSA) is 83.6 Å². The third kappa shape index (κ3) is 3.06. The van der Waals surface area contributed by atoms with Gasteiger partial charge in [-0.15, -0.1) is 0 Å². The van der Waals surface area contributed by atoms with Gasteiger partial charge in [-0.2, -0.15) is 0 Å². The van der Waals surface area contributed by atoms with Crippen LogP contribution in [-0.4, -0.2) is 34.4 Å². The van der Waals surface area contributed by atoms with E-state index < -0.39 is 25.3 Å². The highest BCUT2D eigenvalue weighted by Crippen LogP contribution is 2.27. The van der Waals surface area contributed by atoms with Gasteiger partial charge in [0.25, 0.3) is 0 Å². The first-order chi connectivity index (χ1) is 9.22. The molecule has 112 valence electrons. The summed E-state index contributed by atoms with van der Waals surface area (Å²) in [6.07, 6.45) is 0.588. The molecule has 1 aromatic rings. The summed E-state index contributed by atoms with van der Waals surface area (Å²) in [5, 5.41) is -0.554. The van der Waals surface area contributed by atoms with Gasteiger partial charge in [-0.3, -0.25) is 9.03 Å². The zero-order valence-corrected chi connectivity index (χ0v) is 13.0.